The molecule has 0 saturated heterocycles. The van der Waals surface area contributed by atoms with Crippen LogP contribution in [-0.4, -0.2) is 44.5 Å². The van der Waals surface area contributed by atoms with Crippen LogP contribution < -0.4 is 4.74 Å². The summed E-state index contributed by atoms with van der Waals surface area (Å²) >= 11 is 15.5. The van der Waals surface area contributed by atoms with E-state index in [0.717, 1.165) is 0 Å². The zero-order chi connectivity index (χ0) is 19.8. The molecule has 3 aromatic rings. The van der Waals surface area contributed by atoms with Gasteiger partial charge < -0.3 is 9.64 Å². The van der Waals surface area contributed by atoms with Crippen LogP contribution in [-0.2, 0) is 10.0 Å². The number of fused-ring (bicyclic) bond motifs is 1. The highest BCUT2D eigenvalue weighted by Gasteiger charge is 2.24. The van der Waals surface area contributed by atoms with Crippen LogP contribution in [0.3, 0.4) is 0 Å². The van der Waals surface area contributed by atoms with Crippen LogP contribution >= 0.6 is 39.1 Å². The van der Waals surface area contributed by atoms with Crippen molar-refractivity contribution in [1.29, 1.82) is 0 Å². The molecule has 0 aliphatic carbocycles. The molecule has 0 aliphatic rings. The van der Waals surface area contributed by atoms with Crippen LogP contribution in [0.2, 0.25) is 10.0 Å². The maximum absolute atomic E-state index is 13.2. The Bertz CT molecular complexity index is 1080. The lowest BCUT2D eigenvalue weighted by Crippen LogP contribution is -2.19. The molecular weight excluding hydrogens is 475 g/mol. The maximum atomic E-state index is 13.2. The lowest BCUT2D eigenvalue weighted by Gasteiger charge is -2.10. The molecule has 144 valence electrons. The van der Waals surface area contributed by atoms with Gasteiger partial charge in [0.15, 0.2) is 0 Å². The summed E-state index contributed by atoms with van der Waals surface area (Å²) in [5, 5.41) is 1.56. The van der Waals surface area contributed by atoms with Crippen molar-refractivity contribution in [2.24, 2.45) is 0 Å². The van der Waals surface area contributed by atoms with Gasteiger partial charge >= 0.3 is 0 Å². The highest BCUT2D eigenvalue weighted by Crippen LogP contribution is 2.38. The molecule has 3 rings (SSSR count). The van der Waals surface area contributed by atoms with Gasteiger partial charge in [0.2, 0.25) is 0 Å². The fraction of sp³-hybridized carbons (Fsp3) is 0.222. The average Bonchev–Trinajstić information content (AvgIpc) is 2.94. The van der Waals surface area contributed by atoms with E-state index in [1.54, 1.807) is 24.3 Å². The minimum atomic E-state index is -3.84. The molecule has 0 spiro atoms. The van der Waals surface area contributed by atoms with Crippen LogP contribution in [0.25, 0.3) is 10.9 Å². The van der Waals surface area contributed by atoms with E-state index in [0.29, 0.717) is 44.3 Å². The van der Waals surface area contributed by atoms with Gasteiger partial charge in [-0.2, -0.15) is 0 Å². The SMILES string of the molecule is CN(C)CCOc1cn(S(=O)(=O)c2ccc(Cl)cc2)c2c(Br)cc(Cl)cc12. The first-order valence-electron chi connectivity index (χ1n) is 7.99. The van der Waals surface area contributed by atoms with E-state index in [4.69, 9.17) is 27.9 Å². The van der Waals surface area contributed by atoms with E-state index in [1.807, 2.05) is 19.0 Å². The van der Waals surface area contributed by atoms with E-state index in [9.17, 15) is 8.42 Å². The highest BCUT2D eigenvalue weighted by atomic mass is 79.9. The molecule has 1 aromatic heterocycles. The molecule has 5 nitrogen and oxygen atoms in total. The summed E-state index contributed by atoms with van der Waals surface area (Å²) in [7, 11) is 0.0275. The number of aromatic nitrogens is 1. The second-order valence-electron chi connectivity index (χ2n) is 6.18. The fourth-order valence-electron chi connectivity index (χ4n) is 2.58. The minimum Gasteiger partial charge on any atom is -0.490 e. The van der Waals surface area contributed by atoms with Crippen molar-refractivity contribution in [3.63, 3.8) is 0 Å². The maximum Gasteiger partial charge on any atom is 0.268 e. The number of hydrogen-bond donors (Lipinski definition) is 0. The van der Waals surface area contributed by atoms with Crippen molar-refractivity contribution in [3.8, 4) is 5.75 Å². The van der Waals surface area contributed by atoms with Gasteiger partial charge in [-0.05, 0) is 66.4 Å². The lowest BCUT2D eigenvalue weighted by molar-refractivity contribution is 0.263. The van der Waals surface area contributed by atoms with Gasteiger partial charge in [0.25, 0.3) is 10.0 Å². The molecule has 0 N–H and O–H groups in total. The van der Waals surface area contributed by atoms with E-state index in [1.165, 1.54) is 22.3 Å². The molecule has 1 heterocycles. The smallest absolute Gasteiger partial charge is 0.268 e. The molecular formula is C18H17BrCl2N2O3S. The third-order valence-corrected chi connectivity index (χ3v) is 6.66. The van der Waals surface area contributed by atoms with Gasteiger partial charge in [-0.3, -0.25) is 0 Å². The molecule has 2 aromatic carbocycles. The Balaban J connectivity index is 2.16. The predicted molar refractivity (Wildman–Crippen MR) is 113 cm³/mol. The normalized spacial score (nSPS) is 12.1. The summed E-state index contributed by atoms with van der Waals surface area (Å²) in [6.45, 7) is 1.11. The molecule has 27 heavy (non-hydrogen) atoms. The minimum absolute atomic E-state index is 0.130. The van der Waals surface area contributed by atoms with E-state index in [2.05, 4.69) is 15.9 Å². The Hall–Kier alpha value is -1.25. The molecule has 9 heteroatoms. The van der Waals surface area contributed by atoms with Crippen LogP contribution in [0.15, 0.2) is 52.0 Å². The standard InChI is InChI=1S/C18H17BrCl2N2O3S/c1-22(2)7-8-26-17-11-23(18-15(17)9-13(21)10-16(18)19)27(24,25)14-5-3-12(20)4-6-14/h3-6,9-11H,7-8H2,1-2H3. The second-order valence-corrected chi connectivity index (χ2v) is 9.73. The van der Waals surface area contributed by atoms with E-state index >= 15 is 0 Å². The summed E-state index contributed by atoms with van der Waals surface area (Å²) < 4.78 is 34.0. The number of ether oxygens (including phenoxy) is 1. The second kappa shape index (κ2) is 8.01. The van der Waals surface area contributed by atoms with E-state index < -0.39 is 10.0 Å². The highest BCUT2D eigenvalue weighted by molar-refractivity contribution is 9.10. The molecule has 0 saturated carbocycles. The van der Waals surface area contributed by atoms with Gasteiger partial charge in [-0.15, -0.1) is 0 Å². The van der Waals surface area contributed by atoms with Crippen molar-refractivity contribution >= 4 is 60.1 Å². The average molecular weight is 492 g/mol. The third kappa shape index (κ3) is 4.27. The van der Waals surface area contributed by atoms with Gasteiger partial charge in [-0.1, -0.05) is 23.2 Å². The summed E-state index contributed by atoms with van der Waals surface area (Å²) in [4.78, 5) is 2.11. The molecule has 0 aliphatic heterocycles. The van der Waals surface area contributed by atoms with Crippen LogP contribution in [0, 0.1) is 0 Å². The van der Waals surface area contributed by atoms with Crippen molar-refractivity contribution in [3.05, 3.63) is 57.1 Å². The van der Waals surface area contributed by atoms with Crippen molar-refractivity contribution < 1.29 is 13.2 Å². The van der Waals surface area contributed by atoms with Gasteiger partial charge in [0.1, 0.15) is 12.4 Å². The predicted octanol–water partition coefficient (Wildman–Crippen LogP) is 4.89. The molecule has 0 unspecified atom stereocenters. The summed E-state index contributed by atoms with van der Waals surface area (Å²) in [5.41, 5.74) is 0.467. The lowest BCUT2D eigenvalue weighted by atomic mass is 10.2. The Morgan fingerprint density at radius 2 is 1.78 bits per heavy atom. The molecule has 0 amide bonds. The molecule has 0 radical (unpaired) electrons. The van der Waals surface area contributed by atoms with Gasteiger partial charge in [0, 0.05) is 26.4 Å². The molecule has 0 fully saturated rings. The van der Waals surface area contributed by atoms with Crippen molar-refractivity contribution in [2.45, 2.75) is 4.90 Å². The van der Waals surface area contributed by atoms with Crippen molar-refractivity contribution in [1.82, 2.24) is 8.87 Å². The third-order valence-electron chi connectivity index (χ3n) is 3.92. The van der Waals surface area contributed by atoms with Crippen molar-refractivity contribution in [2.75, 3.05) is 27.2 Å². The quantitative estimate of drug-likeness (QED) is 0.492. The summed E-state index contributed by atoms with van der Waals surface area (Å²) in [6, 6.07) is 9.38. The summed E-state index contributed by atoms with van der Waals surface area (Å²) in [6.07, 6.45) is 1.48. The largest absolute Gasteiger partial charge is 0.490 e. The Kier molecular flexibility index (Phi) is 6.08. The number of hydrogen-bond acceptors (Lipinski definition) is 4. The van der Waals surface area contributed by atoms with Crippen LogP contribution in [0.1, 0.15) is 0 Å². The summed E-state index contributed by atoms with van der Waals surface area (Å²) in [5.74, 6) is 0.451. The van der Waals surface area contributed by atoms with Gasteiger partial charge in [0.05, 0.1) is 16.6 Å². The number of nitrogens with zero attached hydrogens (tertiary/aromatic N) is 2. The first-order valence-corrected chi connectivity index (χ1v) is 11.0. The van der Waals surface area contributed by atoms with E-state index in [-0.39, 0.29) is 4.90 Å². The first kappa shape index (κ1) is 20.5. The number of likely N-dealkylation sites (N-methyl/N-ethyl adjacent to an activating group) is 1. The topological polar surface area (TPSA) is 51.5 Å². The zero-order valence-electron chi connectivity index (χ0n) is 14.6. The number of rotatable bonds is 6. The molecule has 0 bridgehead atoms. The Labute approximate surface area is 176 Å². The fourth-order valence-corrected chi connectivity index (χ4v) is 5.20. The van der Waals surface area contributed by atoms with Crippen LogP contribution in [0.5, 0.6) is 5.75 Å². The Morgan fingerprint density at radius 3 is 2.41 bits per heavy atom. The zero-order valence-corrected chi connectivity index (χ0v) is 18.5. The van der Waals surface area contributed by atoms with Gasteiger partial charge in [-0.25, -0.2) is 12.4 Å². The van der Waals surface area contributed by atoms with Crippen LogP contribution in [0.4, 0.5) is 0 Å². The number of halogens is 3. The monoisotopic (exact) mass is 490 g/mol. The first-order chi connectivity index (χ1) is 12.7. The molecule has 0 atom stereocenters. The Morgan fingerprint density at radius 1 is 1.11 bits per heavy atom. The number of benzene rings is 2.